The maximum absolute atomic E-state index is 12.3. The molecular formula is C18H26BrNO4. The van der Waals surface area contributed by atoms with Crippen molar-refractivity contribution in [1.82, 2.24) is 5.06 Å². The van der Waals surface area contributed by atoms with E-state index in [1.165, 1.54) is 5.06 Å². The van der Waals surface area contributed by atoms with Crippen molar-refractivity contribution in [3.63, 3.8) is 0 Å². The number of rotatable bonds is 13. The predicted octanol–water partition coefficient (Wildman–Crippen LogP) is 4.16. The number of hydrogen-bond acceptors (Lipinski definition) is 3. The van der Waals surface area contributed by atoms with Gasteiger partial charge in [-0.1, -0.05) is 65.5 Å². The van der Waals surface area contributed by atoms with Gasteiger partial charge in [-0.05, 0) is 18.4 Å². The Balaban J connectivity index is 2.39. The van der Waals surface area contributed by atoms with Crippen LogP contribution in [0.1, 0.15) is 50.5 Å². The van der Waals surface area contributed by atoms with Crippen LogP contribution in [0.15, 0.2) is 30.3 Å². The number of benzene rings is 1. The van der Waals surface area contributed by atoms with Crippen LogP contribution in [0.25, 0.3) is 0 Å². The molecule has 0 aliphatic rings. The second-order valence-corrected chi connectivity index (χ2v) is 6.40. The Kier molecular flexibility index (Phi) is 11.1. The van der Waals surface area contributed by atoms with Crippen molar-refractivity contribution in [2.75, 3.05) is 11.9 Å². The number of carboxylic acids is 1. The van der Waals surface area contributed by atoms with E-state index in [0.717, 1.165) is 43.0 Å². The summed E-state index contributed by atoms with van der Waals surface area (Å²) in [6, 6.07) is 9.52. The number of carbonyl (C=O) groups excluding carboxylic acids is 1. The number of nitrogens with zero attached hydrogens (tertiary/aromatic N) is 1. The fraction of sp³-hybridized carbons (Fsp3) is 0.556. The average Bonchev–Trinajstić information content (AvgIpc) is 2.58. The zero-order valence-corrected chi connectivity index (χ0v) is 15.5. The first kappa shape index (κ1) is 20.6. The van der Waals surface area contributed by atoms with Gasteiger partial charge in [0, 0.05) is 11.8 Å². The van der Waals surface area contributed by atoms with Crippen molar-refractivity contribution in [3.05, 3.63) is 35.9 Å². The number of amides is 1. The van der Waals surface area contributed by atoms with Crippen LogP contribution in [0.5, 0.6) is 0 Å². The van der Waals surface area contributed by atoms with Gasteiger partial charge in [0.05, 0.1) is 13.0 Å². The normalized spacial score (nSPS) is 10.5. The van der Waals surface area contributed by atoms with Crippen molar-refractivity contribution >= 4 is 27.8 Å². The minimum Gasteiger partial charge on any atom is -0.481 e. The van der Waals surface area contributed by atoms with Gasteiger partial charge in [0.1, 0.15) is 6.61 Å². The number of hydroxylamine groups is 2. The van der Waals surface area contributed by atoms with Crippen LogP contribution >= 0.6 is 15.9 Å². The highest BCUT2D eigenvalue weighted by Crippen LogP contribution is 2.10. The molecule has 1 aromatic carbocycles. The van der Waals surface area contributed by atoms with E-state index < -0.39 is 5.97 Å². The summed E-state index contributed by atoms with van der Waals surface area (Å²) in [4.78, 5) is 28.6. The average molecular weight is 400 g/mol. The summed E-state index contributed by atoms with van der Waals surface area (Å²) in [5.74, 6) is -1.08. The summed E-state index contributed by atoms with van der Waals surface area (Å²) < 4.78 is 0. The molecule has 0 aliphatic heterocycles. The standard InChI is InChI=1S/C18H26BrNO4/c19-13-8-3-1-2-7-11-17(21)20(14-12-18(22)23)24-15-16-9-5-4-6-10-16/h4-6,9-10H,1-3,7-8,11-15H2,(H,22,23). The van der Waals surface area contributed by atoms with Crippen LogP contribution in [0, 0.1) is 0 Å². The molecule has 1 N–H and O–H groups in total. The SMILES string of the molecule is O=C(O)CCN(OCc1ccccc1)C(=O)CCCCCCCBr. The number of halogens is 1. The van der Waals surface area contributed by atoms with E-state index in [0.29, 0.717) is 6.42 Å². The molecule has 0 spiro atoms. The molecule has 0 heterocycles. The lowest BCUT2D eigenvalue weighted by atomic mass is 10.1. The van der Waals surface area contributed by atoms with Crippen LogP contribution in [0.4, 0.5) is 0 Å². The molecule has 0 bridgehead atoms. The number of carbonyl (C=O) groups is 2. The molecule has 0 saturated heterocycles. The number of carboxylic acid groups (broad SMARTS) is 1. The molecule has 0 radical (unpaired) electrons. The van der Waals surface area contributed by atoms with Gasteiger partial charge in [0.15, 0.2) is 0 Å². The largest absolute Gasteiger partial charge is 0.481 e. The minimum absolute atomic E-state index is 0.0740. The monoisotopic (exact) mass is 399 g/mol. The van der Waals surface area contributed by atoms with E-state index in [2.05, 4.69) is 15.9 Å². The molecule has 6 heteroatoms. The van der Waals surface area contributed by atoms with Crippen molar-refractivity contribution < 1.29 is 19.5 Å². The molecule has 134 valence electrons. The summed E-state index contributed by atoms with van der Waals surface area (Å²) in [5, 5.41) is 11.1. The highest BCUT2D eigenvalue weighted by molar-refractivity contribution is 9.09. The Hall–Kier alpha value is -1.40. The molecular weight excluding hydrogens is 374 g/mol. The first-order chi connectivity index (χ1) is 11.6. The van der Waals surface area contributed by atoms with E-state index in [-0.39, 0.29) is 25.5 Å². The van der Waals surface area contributed by atoms with Gasteiger partial charge in [-0.15, -0.1) is 0 Å². The smallest absolute Gasteiger partial charge is 0.305 e. The third-order valence-corrected chi connectivity index (χ3v) is 4.12. The van der Waals surface area contributed by atoms with Gasteiger partial charge in [-0.2, -0.15) is 0 Å². The molecule has 0 saturated carbocycles. The maximum Gasteiger partial charge on any atom is 0.305 e. The highest BCUT2D eigenvalue weighted by atomic mass is 79.9. The quantitative estimate of drug-likeness (QED) is 0.307. The fourth-order valence-electron chi connectivity index (χ4n) is 2.21. The summed E-state index contributed by atoms with van der Waals surface area (Å²) in [6.07, 6.45) is 5.50. The summed E-state index contributed by atoms with van der Waals surface area (Å²) in [6.45, 7) is 0.335. The van der Waals surface area contributed by atoms with E-state index in [1.807, 2.05) is 30.3 Å². The number of aliphatic carboxylic acids is 1. The first-order valence-corrected chi connectivity index (χ1v) is 9.50. The van der Waals surface area contributed by atoms with E-state index in [9.17, 15) is 9.59 Å². The van der Waals surface area contributed by atoms with Crippen molar-refractivity contribution in [2.45, 2.75) is 51.6 Å². The van der Waals surface area contributed by atoms with Crippen LogP contribution in [0.2, 0.25) is 0 Å². The molecule has 1 rings (SSSR count). The molecule has 0 aromatic heterocycles. The van der Waals surface area contributed by atoms with E-state index >= 15 is 0 Å². The van der Waals surface area contributed by atoms with Gasteiger partial charge in [-0.3, -0.25) is 14.4 Å². The molecule has 0 aliphatic carbocycles. The van der Waals surface area contributed by atoms with Crippen LogP contribution in [-0.2, 0) is 21.0 Å². The minimum atomic E-state index is -0.939. The lowest BCUT2D eigenvalue weighted by Gasteiger charge is -2.21. The topological polar surface area (TPSA) is 66.8 Å². The zero-order valence-electron chi connectivity index (χ0n) is 14.0. The molecule has 1 aromatic rings. The maximum atomic E-state index is 12.3. The summed E-state index contributed by atoms with van der Waals surface area (Å²) >= 11 is 3.40. The molecule has 1 amide bonds. The predicted molar refractivity (Wildman–Crippen MR) is 96.7 cm³/mol. The van der Waals surface area contributed by atoms with E-state index in [4.69, 9.17) is 9.94 Å². The number of alkyl halides is 1. The molecule has 24 heavy (non-hydrogen) atoms. The number of unbranched alkanes of at least 4 members (excludes halogenated alkanes) is 4. The van der Waals surface area contributed by atoms with Crippen LogP contribution < -0.4 is 0 Å². The Bertz CT molecular complexity index is 481. The Morgan fingerprint density at radius 1 is 1.00 bits per heavy atom. The Morgan fingerprint density at radius 3 is 2.33 bits per heavy atom. The van der Waals surface area contributed by atoms with Crippen molar-refractivity contribution in [3.8, 4) is 0 Å². The zero-order chi connectivity index (χ0) is 17.6. The summed E-state index contributed by atoms with van der Waals surface area (Å²) in [7, 11) is 0. The van der Waals surface area contributed by atoms with Gasteiger partial charge in [-0.25, -0.2) is 5.06 Å². The second-order valence-electron chi connectivity index (χ2n) is 5.61. The van der Waals surface area contributed by atoms with Gasteiger partial charge in [0.2, 0.25) is 5.91 Å². The van der Waals surface area contributed by atoms with Gasteiger partial charge in [0.25, 0.3) is 0 Å². The Morgan fingerprint density at radius 2 is 1.67 bits per heavy atom. The van der Waals surface area contributed by atoms with Crippen molar-refractivity contribution in [2.24, 2.45) is 0 Å². The fourth-order valence-corrected chi connectivity index (χ4v) is 2.61. The van der Waals surface area contributed by atoms with Gasteiger partial charge < -0.3 is 5.11 Å². The van der Waals surface area contributed by atoms with Gasteiger partial charge >= 0.3 is 5.97 Å². The lowest BCUT2D eigenvalue weighted by molar-refractivity contribution is -0.193. The third-order valence-electron chi connectivity index (χ3n) is 3.56. The third kappa shape index (κ3) is 9.67. The van der Waals surface area contributed by atoms with Crippen LogP contribution in [0.3, 0.4) is 0 Å². The number of hydrogen-bond donors (Lipinski definition) is 1. The molecule has 5 nitrogen and oxygen atoms in total. The molecule has 0 fully saturated rings. The Labute approximate surface area is 152 Å². The van der Waals surface area contributed by atoms with Crippen LogP contribution in [-0.4, -0.2) is 33.9 Å². The first-order valence-electron chi connectivity index (χ1n) is 8.38. The van der Waals surface area contributed by atoms with Crippen molar-refractivity contribution in [1.29, 1.82) is 0 Å². The molecule has 0 unspecified atom stereocenters. The summed E-state index contributed by atoms with van der Waals surface area (Å²) in [5.41, 5.74) is 0.945. The second kappa shape index (κ2) is 13.0. The van der Waals surface area contributed by atoms with E-state index in [1.54, 1.807) is 0 Å². The lowest BCUT2D eigenvalue weighted by Crippen LogP contribution is -2.33. The highest BCUT2D eigenvalue weighted by Gasteiger charge is 2.15. The molecule has 0 atom stereocenters.